The number of aryl methyl sites for hydroxylation is 1. The number of ether oxygens (including phenoxy) is 2. The summed E-state index contributed by atoms with van der Waals surface area (Å²) in [5.41, 5.74) is 1.78. The minimum Gasteiger partial charge on any atom is -0.488 e. The number of hydrogen-bond donors (Lipinski definition) is 0. The molecular weight excluding hydrogens is 458 g/mol. The average Bonchev–Trinajstić information content (AvgIpc) is 2.96. The van der Waals surface area contributed by atoms with Crippen molar-refractivity contribution in [1.29, 1.82) is 0 Å². The Morgan fingerprint density at radius 1 is 1.24 bits per heavy atom. The van der Waals surface area contributed by atoms with Crippen LogP contribution in [0.2, 0.25) is 0 Å². The first-order valence-corrected chi connectivity index (χ1v) is 11.8. The number of esters is 1. The number of nitrogens with zero attached hydrogens (tertiary/aromatic N) is 1. The lowest BCUT2D eigenvalue weighted by atomic mass is 9.99. The number of rotatable bonds is 5. The van der Waals surface area contributed by atoms with Crippen LogP contribution < -0.4 is 4.74 Å². The zero-order chi connectivity index (χ0) is 20.8. The van der Waals surface area contributed by atoms with Gasteiger partial charge in [-0.15, -0.1) is 0 Å². The average molecular weight is 480 g/mol. The first kappa shape index (κ1) is 20.4. The Kier molecular flexibility index (Phi) is 5.44. The number of benzene rings is 2. The Labute approximate surface area is 179 Å². The molecule has 1 saturated heterocycles. The van der Waals surface area contributed by atoms with Gasteiger partial charge in [0, 0.05) is 16.5 Å². The summed E-state index contributed by atoms with van der Waals surface area (Å²) in [6.45, 7) is 3.89. The molecule has 2 aliphatic heterocycles. The molecule has 2 aromatic rings. The van der Waals surface area contributed by atoms with Crippen LogP contribution in [-0.2, 0) is 19.6 Å². The Bertz CT molecular complexity index is 1040. The maximum atomic E-state index is 13.6. The van der Waals surface area contributed by atoms with E-state index in [0.29, 0.717) is 12.2 Å². The molecule has 0 spiro atoms. The van der Waals surface area contributed by atoms with E-state index in [4.69, 9.17) is 9.47 Å². The van der Waals surface area contributed by atoms with Crippen molar-refractivity contribution in [2.75, 3.05) is 6.61 Å². The first-order valence-electron chi connectivity index (χ1n) is 9.53. The van der Waals surface area contributed by atoms with Gasteiger partial charge in [0.15, 0.2) is 0 Å². The summed E-state index contributed by atoms with van der Waals surface area (Å²) < 4.78 is 40.8. The molecule has 2 heterocycles. The molecule has 2 aliphatic rings. The second-order valence-corrected chi connectivity index (χ2v) is 10.1. The van der Waals surface area contributed by atoms with Gasteiger partial charge in [-0.3, -0.25) is 4.79 Å². The summed E-state index contributed by atoms with van der Waals surface area (Å²) >= 11 is 3.46. The number of fused-ring (bicyclic) bond motifs is 4. The van der Waals surface area contributed by atoms with Crippen molar-refractivity contribution < 1.29 is 22.7 Å². The number of hydrogen-bond acceptors (Lipinski definition) is 5. The predicted molar refractivity (Wildman–Crippen MR) is 111 cm³/mol. The monoisotopic (exact) mass is 479 g/mol. The molecule has 0 radical (unpaired) electrons. The molecule has 2 aromatic carbocycles. The normalized spacial score (nSPS) is 23.3. The highest BCUT2D eigenvalue weighted by Crippen LogP contribution is 2.50. The van der Waals surface area contributed by atoms with Crippen LogP contribution in [0.3, 0.4) is 0 Å². The second-order valence-electron chi connectivity index (χ2n) is 7.31. The van der Waals surface area contributed by atoms with Gasteiger partial charge >= 0.3 is 5.97 Å². The minimum absolute atomic E-state index is 0.0464. The fourth-order valence-electron chi connectivity index (χ4n) is 4.11. The molecule has 1 fully saturated rings. The molecule has 154 valence electrons. The van der Waals surface area contributed by atoms with Gasteiger partial charge in [0.05, 0.1) is 30.0 Å². The van der Waals surface area contributed by atoms with E-state index < -0.39 is 34.2 Å². The smallest absolute Gasteiger partial charge is 0.307 e. The van der Waals surface area contributed by atoms with Crippen LogP contribution in [0.15, 0.2) is 51.8 Å². The van der Waals surface area contributed by atoms with Crippen molar-refractivity contribution in [3.63, 3.8) is 0 Å². The van der Waals surface area contributed by atoms with E-state index >= 15 is 0 Å². The Morgan fingerprint density at radius 2 is 1.97 bits per heavy atom. The van der Waals surface area contributed by atoms with Crippen molar-refractivity contribution in [2.24, 2.45) is 0 Å². The van der Waals surface area contributed by atoms with Gasteiger partial charge in [0.25, 0.3) is 0 Å². The summed E-state index contributed by atoms with van der Waals surface area (Å²) in [5.74, 6) is 0.230. The van der Waals surface area contributed by atoms with Crippen molar-refractivity contribution in [1.82, 2.24) is 4.31 Å². The topological polar surface area (TPSA) is 72.9 Å². The Morgan fingerprint density at radius 3 is 2.66 bits per heavy atom. The quantitative estimate of drug-likeness (QED) is 0.606. The maximum Gasteiger partial charge on any atom is 0.307 e. The molecular formula is C21H22BrNO5S. The van der Waals surface area contributed by atoms with Crippen LogP contribution in [0.4, 0.5) is 0 Å². The van der Waals surface area contributed by atoms with E-state index in [-0.39, 0.29) is 17.9 Å². The number of sulfonamides is 1. The highest BCUT2D eigenvalue weighted by molar-refractivity contribution is 9.10. The highest BCUT2D eigenvalue weighted by Gasteiger charge is 2.53. The van der Waals surface area contributed by atoms with Gasteiger partial charge in [-0.25, -0.2) is 8.42 Å². The summed E-state index contributed by atoms with van der Waals surface area (Å²) in [6, 6.07) is 11.3. The van der Waals surface area contributed by atoms with Crippen LogP contribution in [0.1, 0.15) is 36.9 Å². The maximum absolute atomic E-state index is 13.6. The van der Waals surface area contributed by atoms with E-state index in [0.717, 1.165) is 15.6 Å². The van der Waals surface area contributed by atoms with E-state index in [1.54, 1.807) is 31.2 Å². The van der Waals surface area contributed by atoms with Crippen molar-refractivity contribution in [2.45, 2.75) is 49.8 Å². The summed E-state index contributed by atoms with van der Waals surface area (Å²) in [5, 5.41) is 0. The van der Waals surface area contributed by atoms with E-state index in [9.17, 15) is 13.2 Å². The summed E-state index contributed by atoms with van der Waals surface area (Å²) in [6.07, 6.45) is 0.0479. The number of carbonyl (C=O) groups is 1. The van der Waals surface area contributed by atoms with Gasteiger partial charge in [0.1, 0.15) is 11.9 Å². The molecule has 0 aliphatic carbocycles. The fourth-order valence-corrected chi connectivity index (χ4v) is 6.31. The lowest BCUT2D eigenvalue weighted by molar-refractivity contribution is -0.144. The molecule has 0 saturated carbocycles. The molecule has 0 aromatic heterocycles. The molecule has 2 bridgehead atoms. The molecule has 8 heteroatoms. The van der Waals surface area contributed by atoms with E-state index in [1.807, 2.05) is 25.1 Å². The van der Waals surface area contributed by atoms with Crippen molar-refractivity contribution in [3.8, 4) is 5.75 Å². The standard InChI is InChI=1S/C21H22BrNO5S/c1-3-27-21(24)12-18-20-11-17(16-10-14(22)6-9-19(16)28-20)23(18)29(25,26)15-7-4-13(2)5-8-15/h4-10,17-18,20H,3,11-12H2,1-2H3/t17-,18+,20-/m1/s1. The first-order chi connectivity index (χ1) is 13.8. The molecule has 0 N–H and O–H groups in total. The molecule has 0 unspecified atom stereocenters. The summed E-state index contributed by atoms with van der Waals surface area (Å²) in [4.78, 5) is 12.5. The van der Waals surface area contributed by atoms with Crippen LogP contribution in [-0.4, -0.2) is 37.4 Å². The SMILES string of the molecule is CCOC(=O)C[C@H]1[C@H]2C[C@H](c3cc(Br)ccc3O2)N1S(=O)(=O)c1ccc(C)cc1. The largest absolute Gasteiger partial charge is 0.488 e. The number of carbonyl (C=O) groups excluding carboxylic acids is 1. The van der Waals surface area contributed by atoms with Crippen LogP contribution in [0, 0.1) is 6.92 Å². The third-order valence-electron chi connectivity index (χ3n) is 5.41. The van der Waals surface area contributed by atoms with E-state index in [1.165, 1.54) is 4.31 Å². The highest BCUT2D eigenvalue weighted by atomic mass is 79.9. The predicted octanol–water partition coefficient (Wildman–Crippen LogP) is 3.98. The van der Waals surface area contributed by atoms with Crippen LogP contribution >= 0.6 is 15.9 Å². The van der Waals surface area contributed by atoms with Gasteiger partial charge in [-0.05, 0) is 44.2 Å². The Balaban J connectivity index is 1.80. The molecule has 29 heavy (non-hydrogen) atoms. The third-order valence-corrected chi connectivity index (χ3v) is 7.85. The fraction of sp³-hybridized carbons (Fsp3) is 0.381. The summed E-state index contributed by atoms with van der Waals surface area (Å²) in [7, 11) is -3.84. The Hall–Kier alpha value is -1.90. The van der Waals surface area contributed by atoms with Gasteiger partial charge in [-0.2, -0.15) is 4.31 Å². The van der Waals surface area contributed by atoms with Crippen molar-refractivity contribution >= 4 is 31.9 Å². The molecule has 0 amide bonds. The van der Waals surface area contributed by atoms with Gasteiger partial charge in [0.2, 0.25) is 10.0 Å². The molecule has 4 rings (SSSR count). The van der Waals surface area contributed by atoms with E-state index in [2.05, 4.69) is 15.9 Å². The number of halogens is 1. The third kappa shape index (κ3) is 3.69. The minimum atomic E-state index is -3.84. The second kappa shape index (κ2) is 7.74. The molecule has 6 nitrogen and oxygen atoms in total. The molecule has 3 atom stereocenters. The van der Waals surface area contributed by atoms with Crippen molar-refractivity contribution in [3.05, 3.63) is 58.1 Å². The van der Waals surface area contributed by atoms with Crippen LogP contribution in [0.25, 0.3) is 0 Å². The lowest BCUT2D eigenvalue weighted by Crippen LogP contribution is -2.42. The zero-order valence-corrected chi connectivity index (χ0v) is 18.6. The zero-order valence-electron chi connectivity index (χ0n) is 16.2. The van der Waals surface area contributed by atoms with Gasteiger partial charge in [-0.1, -0.05) is 33.6 Å². The lowest BCUT2D eigenvalue weighted by Gasteiger charge is -2.28. The van der Waals surface area contributed by atoms with Crippen LogP contribution in [0.5, 0.6) is 5.75 Å². The van der Waals surface area contributed by atoms with Gasteiger partial charge < -0.3 is 9.47 Å².